The third-order valence-corrected chi connectivity index (χ3v) is 3.06. The summed E-state index contributed by atoms with van der Waals surface area (Å²) in [6.45, 7) is 0.707. The predicted molar refractivity (Wildman–Crippen MR) is 77.5 cm³/mol. The zero-order valence-electron chi connectivity index (χ0n) is 11.1. The van der Waals surface area contributed by atoms with Crippen molar-refractivity contribution in [3.05, 3.63) is 54.4 Å². The highest BCUT2D eigenvalue weighted by Crippen LogP contribution is 2.17. The Labute approximate surface area is 116 Å². The van der Waals surface area contributed by atoms with Crippen LogP contribution in [-0.2, 0) is 6.54 Å². The summed E-state index contributed by atoms with van der Waals surface area (Å²) in [5, 5.41) is 9.29. The highest BCUT2D eigenvalue weighted by molar-refractivity contribution is 5.71. The second-order valence-corrected chi connectivity index (χ2v) is 4.59. The lowest BCUT2D eigenvalue weighted by atomic mass is 10.2. The van der Waals surface area contributed by atoms with Gasteiger partial charge in [0, 0.05) is 26.0 Å². The molecule has 3 rings (SSSR count). The first-order chi connectivity index (χ1) is 9.72. The molecule has 3 aromatic rings. The average molecular weight is 266 g/mol. The number of pyridine rings is 1. The molecule has 1 N–H and O–H groups in total. The van der Waals surface area contributed by atoms with E-state index in [0.717, 1.165) is 16.9 Å². The van der Waals surface area contributed by atoms with E-state index in [1.807, 2.05) is 36.2 Å². The molecule has 0 aliphatic rings. The highest BCUT2D eigenvalue weighted by atomic mass is 16.3. The SMILES string of the molecule is CN(Cc1ccc(O)cc1)c1ccc2nccnc2n1. The van der Waals surface area contributed by atoms with Crippen LogP contribution in [0.25, 0.3) is 11.2 Å². The van der Waals surface area contributed by atoms with Gasteiger partial charge in [0.1, 0.15) is 17.1 Å². The molecule has 0 bridgehead atoms. The van der Waals surface area contributed by atoms with E-state index in [1.54, 1.807) is 24.5 Å². The molecule has 5 heteroatoms. The molecule has 1 aromatic carbocycles. The normalized spacial score (nSPS) is 10.7. The number of hydrogen-bond acceptors (Lipinski definition) is 5. The molecule has 0 unspecified atom stereocenters. The smallest absolute Gasteiger partial charge is 0.180 e. The van der Waals surface area contributed by atoms with E-state index in [1.165, 1.54) is 0 Å². The van der Waals surface area contributed by atoms with Crippen molar-refractivity contribution < 1.29 is 5.11 Å². The van der Waals surface area contributed by atoms with Gasteiger partial charge in [-0.3, -0.25) is 4.98 Å². The zero-order chi connectivity index (χ0) is 13.9. The Morgan fingerprint density at radius 2 is 1.75 bits per heavy atom. The maximum atomic E-state index is 9.29. The molecule has 0 aliphatic carbocycles. The molecule has 2 aromatic heterocycles. The highest BCUT2D eigenvalue weighted by Gasteiger charge is 2.06. The van der Waals surface area contributed by atoms with Crippen LogP contribution < -0.4 is 4.90 Å². The Hall–Kier alpha value is -2.69. The van der Waals surface area contributed by atoms with Gasteiger partial charge in [-0.05, 0) is 29.8 Å². The van der Waals surface area contributed by atoms with Gasteiger partial charge in [0.15, 0.2) is 5.65 Å². The van der Waals surface area contributed by atoms with Crippen molar-refractivity contribution >= 4 is 17.0 Å². The maximum Gasteiger partial charge on any atom is 0.180 e. The summed E-state index contributed by atoms with van der Waals surface area (Å²) < 4.78 is 0. The Balaban J connectivity index is 1.84. The fourth-order valence-corrected chi connectivity index (χ4v) is 2.01. The summed E-state index contributed by atoms with van der Waals surface area (Å²) in [4.78, 5) is 14.9. The fourth-order valence-electron chi connectivity index (χ4n) is 2.01. The fraction of sp³-hybridized carbons (Fsp3) is 0.133. The largest absolute Gasteiger partial charge is 0.508 e. The second kappa shape index (κ2) is 5.13. The lowest BCUT2D eigenvalue weighted by molar-refractivity contribution is 0.475. The van der Waals surface area contributed by atoms with Crippen molar-refractivity contribution in [1.82, 2.24) is 15.0 Å². The van der Waals surface area contributed by atoms with E-state index >= 15 is 0 Å². The van der Waals surface area contributed by atoms with Crippen LogP contribution in [0.3, 0.4) is 0 Å². The van der Waals surface area contributed by atoms with Crippen LogP contribution in [0.1, 0.15) is 5.56 Å². The number of anilines is 1. The molecule has 0 spiro atoms. The minimum Gasteiger partial charge on any atom is -0.508 e. The lowest BCUT2D eigenvalue weighted by Crippen LogP contribution is -2.17. The molecule has 100 valence electrons. The topological polar surface area (TPSA) is 62.1 Å². The van der Waals surface area contributed by atoms with E-state index in [9.17, 15) is 5.11 Å². The third kappa shape index (κ3) is 2.51. The first kappa shape index (κ1) is 12.3. The molecule has 0 fully saturated rings. The van der Waals surface area contributed by atoms with E-state index in [-0.39, 0.29) is 5.75 Å². The number of aromatic nitrogens is 3. The molecular weight excluding hydrogens is 252 g/mol. The molecule has 20 heavy (non-hydrogen) atoms. The van der Waals surface area contributed by atoms with Crippen LogP contribution in [-0.4, -0.2) is 27.1 Å². The molecule has 0 amide bonds. The summed E-state index contributed by atoms with van der Waals surface area (Å²) in [6, 6.07) is 11.0. The quantitative estimate of drug-likeness (QED) is 0.788. The van der Waals surface area contributed by atoms with Crippen LogP contribution in [0, 0.1) is 0 Å². The van der Waals surface area contributed by atoms with E-state index in [0.29, 0.717) is 12.2 Å². The molecular formula is C15H14N4O. The van der Waals surface area contributed by atoms with Crippen molar-refractivity contribution in [3.63, 3.8) is 0 Å². The van der Waals surface area contributed by atoms with E-state index in [4.69, 9.17) is 0 Å². The van der Waals surface area contributed by atoms with Gasteiger partial charge in [-0.25, -0.2) is 9.97 Å². The van der Waals surface area contributed by atoms with Crippen LogP contribution in [0.4, 0.5) is 5.82 Å². The second-order valence-electron chi connectivity index (χ2n) is 4.59. The third-order valence-electron chi connectivity index (χ3n) is 3.06. The predicted octanol–water partition coefficient (Wildman–Crippen LogP) is 2.37. The summed E-state index contributed by atoms with van der Waals surface area (Å²) >= 11 is 0. The Morgan fingerprint density at radius 1 is 1.00 bits per heavy atom. The van der Waals surface area contributed by atoms with E-state index in [2.05, 4.69) is 15.0 Å². The van der Waals surface area contributed by atoms with Gasteiger partial charge in [-0.1, -0.05) is 12.1 Å². The number of rotatable bonds is 3. The van der Waals surface area contributed by atoms with Crippen molar-refractivity contribution in [2.75, 3.05) is 11.9 Å². The van der Waals surface area contributed by atoms with Gasteiger partial charge in [0.05, 0.1) is 0 Å². The number of fused-ring (bicyclic) bond motifs is 1. The van der Waals surface area contributed by atoms with Crippen LogP contribution >= 0.6 is 0 Å². The zero-order valence-corrected chi connectivity index (χ0v) is 11.1. The van der Waals surface area contributed by atoms with Crippen LogP contribution in [0.2, 0.25) is 0 Å². The number of hydrogen-bond donors (Lipinski definition) is 1. The first-order valence-corrected chi connectivity index (χ1v) is 6.29. The van der Waals surface area contributed by atoms with Gasteiger partial charge in [-0.2, -0.15) is 0 Å². The summed E-state index contributed by atoms with van der Waals surface area (Å²) in [5.74, 6) is 1.11. The molecule has 2 heterocycles. The van der Waals surface area contributed by atoms with Gasteiger partial charge in [0.25, 0.3) is 0 Å². The first-order valence-electron chi connectivity index (χ1n) is 6.29. The number of phenols is 1. The van der Waals surface area contributed by atoms with Gasteiger partial charge < -0.3 is 10.0 Å². The molecule has 5 nitrogen and oxygen atoms in total. The van der Waals surface area contributed by atoms with Crippen molar-refractivity contribution in [3.8, 4) is 5.75 Å². The van der Waals surface area contributed by atoms with Gasteiger partial charge in [-0.15, -0.1) is 0 Å². The lowest BCUT2D eigenvalue weighted by Gasteiger charge is -2.18. The summed E-state index contributed by atoms with van der Waals surface area (Å²) in [7, 11) is 1.97. The number of aromatic hydroxyl groups is 1. The Kier molecular flexibility index (Phi) is 3.16. The summed E-state index contributed by atoms with van der Waals surface area (Å²) in [6.07, 6.45) is 3.29. The van der Waals surface area contributed by atoms with Crippen molar-refractivity contribution in [2.45, 2.75) is 6.54 Å². The van der Waals surface area contributed by atoms with E-state index < -0.39 is 0 Å². The van der Waals surface area contributed by atoms with Gasteiger partial charge in [0.2, 0.25) is 0 Å². The van der Waals surface area contributed by atoms with Crippen molar-refractivity contribution in [2.24, 2.45) is 0 Å². The molecule has 0 radical (unpaired) electrons. The minimum atomic E-state index is 0.274. The average Bonchev–Trinajstić information content (AvgIpc) is 2.49. The summed E-state index contributed by atoms with van der Waals surface area (Å²) in [5.41, 5.74) is 2.53. The monoisotopic (exact) mass is 266 g/mol. The Bertz CT molecular complexity index is 727. The maximum absolute atomic E-state index is 9.29. The molecule has 0 saturated carbocycles. The number of nitrogens with zero attached hydrogens (tertiary/aromatic N) is 4. The van der Waals surface area contributed by atoms with Crippen molar-refractivity contribution in [1.29, 1.82) is 0 Å². The van der Waals surface area contributed by atoms with Crippen LogP contribution in [0.5, 0.6) is 5.75 Å². The number of benzene rings is 1. The molecule has 0 atom stereocenters. The minimum absolute atomic E-state index is 0.274. The van der Waals surface area contributed by atoms with Gasteiger partial charge >= 0.3 is 0 Å². The number of phenolic OH excluding ortho intramolecular Hbond substituents is 1. The standard InChI is InChI=1S/C15H14N4O/c1-19(10-11-2-4-12(20)5-3-11)14-7-6-13-15(18-14)17-9-8-16-13/h2-9,20H,10H2,1H3. The Morgan fingerprint density at radius 3 is 2.55 bits per heavy atom. The molecule has 0 aliphatic heterocycles. The molecule has 0 saturated heterocycles. The van der Waals surface area contributed by atoms with Crippen LogP contribution in [0.15, 0.2) is 48.8 Å².